The van der Waals surface area contributed by atoms with Gasteiger partial charge in [-0.1, -0.05) is 0 Å². The Kier molecular flexibility index (Phi) is 3.84. The number of carboxylic acids is 1. The van der Waals surface area contributed by atoms with Gasteiger partial charge < -0.3 is 19.3 Å². The molecule has 0 spiro atoms. The smallest absolute Gasteiger partial charge is 0.335 e. The predicted octanol–water partition coefficient (Wildman–Crippen LogP) is -0.582. The first-order valence-corrected chi connectivity index (χ1v) is 4.21. The number of esters is 1. The van der Waals surface area contributed by atoms with Crippen LogP contribution >= 0.6 is 0 Å². The third-order valence-electron chi connectivity index (χ3n) is 1.60. The Labute approximate surface area is 80.7 Å². The lowest BCUT2D eigenvalue weighted by molar-refractivity contribution is -0.160. The van der Waals surface area contributed by atoms with Crippen molar-refractivity contribution in [2.45, 2.75) is 19.1 Å². The summed E-state index contributed by atoms with van der Waals surface area (Å²) in [5.41, 5.74) is 0. The van der Waals surface area contributed by atoms with E-state index in [1.54, 1.807) is 0 Å². The maximum absolute atomic E-state index is 11.1. The maximum atomic E-state index is 11.1. The molecule has 6 nitrogen and oxygen atoms in total. The third-order valence-corrected chi connectivity index (χ3v) is 1.60. The zero-order valence-corrected chi connectivity index (χ0v) is 7.76. The predicted molar refractivity (Wildman–Crippen MR) is 43.7 cm³/mol. The van der Waals surface area contributed by atoms with Crippen molar-refractivity contribution in [2.24, 2.45) is 0 Å². The van der Waals surface area contributed by atoms with Gasteiger partial charge in [0.2, 0.25) is 0 Å². The van der Waals surface area contributed by atoms with Crippen molar-refractivity contribution in [3.63, 3.8) is 0 Å². The Hall–Kier alpha value is -1.14. The molecule has 0 aromatic carbocycles. The van der Waals surface area contributed by atoms with Gasteiger partial charge in [0.1, 0.15) is 19.3 Å². The minimum atomic E-state index is -1.12. The summed E-state index contributed by atoms with van der Waals surface area (Å²) in [5, 5.41) is 8.28. The van der Waals surface area contributed by atoms with E-state index >= 15 is 0 Å². The zero-order chi connectivity index (χ0) is 10.6. The molecule has 80 valence electrons. The van der Waals surface area contributed by atoms with Crippen LogP contribution in [-0.2, 0) is 23.8 Å². The van der Waals surface area contributed by atoms with Crippen LogP contribution in [0.1, 0.15) is 6.92 Å². The summed E-state index contributed by atoms with van der Waals surface area (Å²) < 4.78 is 14.3. The molecule has 6 heteroatoms. The van der Waals surface area contributed by atoms with Crippen molar-refractivity contribution >= 4 is 11.9 Å². The fraction of sp³-hybridized carbons (Fsp3) is 0.750. The summed E-state index contributed by atoms with van der Waals surface area (Å²) in [6, 6.07) is 0. The van der Waals surface area contributed by atoms with Crippen molar-refractivity contribution in [1.82, 2.24) is 0 Å². The highest BCUT2D eigenvalue weighted by Gasteiger charge is 2.26. The second kappa shape index (κ2) is 4.92. The number of carboxylic acid groups (broad SMARTS) is 1. The molecule has 2 unspecified atom stereocenters. The molecule has 0 aliphatic carbocycles. The molecule has 0 aromatic rings. The Morgan fingerprint density at radius 1 is 1.64 bits per heavy atom. The Balaban J connectivity index is 2.10. The van der Waals surface area contributed by atoms with Gasteiger partial charge in [-0.05, 0) is 6.92 Å². The standard InChI is InChI=1S/C8H12O6/c1-5(12-4-7(9)10)8(11)14-3-6-2-13-6/h5-6H,2-4H2,1H3,(H,9,10). The molecule has 1 saturated heterocycles. The SMILES string of the molecule is CC(OCC(=O)O)C(=O)OCC1CO1. The van der Waals surface area contributed by atoms with Crippen molar-refractivity contribution in [3.05, 3.63) is 0 Å². The van der Waals surface area contributed by atoms with E-state index in [0.717, 1.165) is 0 Å². The fourth-order valence-corrected chi connectivity index (χ4v) is 0.721. The van der Waals surface area contributed by atoms with E-state index in [2.05, 4.69) is 0 Å². The van der Waals surface area contributed by atoms with Crippen molar-refractivity contribution in [1.29, 1.82) is 0 Å². The summed E-state index contributed by atoms with van der Waals surface area (Å²) in [5.74, 6) is -1.68. The number of hydrogen-bond donors (Lipinski definition) is 1. The monoisotopic (exact) mass is 204 g/mol. The number of hydrogen-bond acceptors (Lipinski definition) is 5. The van der Waals surface area contributed by atoms with Crippen LogP contribution in [0.15, 0.2) is 0 Å². The summed E-state index contributed by atoms with van der Waals surface area (Å²) in [7, 11) is 0. The lowest BCUT2D eigenvalue weighted by atomic mass is 10.4. The molecule has 1 N–H and O–H groups in total. The first-order valence-electron chi connectivity index (χ1n) is 4.21. The van der Waals surface area contributed by atoms with E-state index in [0.29, 0.717) is 6.61 Å². The van der Waals surface area contributed by atoms with Crippen molar-refractivity contribution < 1.29 is 28.9 Å². The highest BCUT2D eigenvalue weighted by Crippen LogP contribution is 2.09. The first-order chi connectivity index (χ1) is 6.59. The number of rotatable bonds is 6. The second-order valence-electron chi connectivity index (χ2n) is 2.93. The molecule has 0 aromatic heterocycles. The average Bonchev–Trinajstić information content (AvgIpc) is 2.93. The van der Waals surface area contributed by atoms with Gasteiger partial charge in [0.15, 0.2) is 6.10 Å². The van der Waals surface area contributed by atoms with Gasteiger partial charge in [0.05, 0.1) is 6.61 Å². The van der Waals surface area contributed by atoms with Gasteiger partial charge in [-0.25, -0.2) is 9.59 Å². The number of aliphatic carboxylic acids is 1. The van der Waals surface area contributed by atoms with Crippen LogP contribution in [-0.4, -0.2) is 49.1 Å². The molecule has 2 atom stereocenters. The molecule has 1 rings (SSSR count). The quantitative estimate of drug-likeness (QED) is 0.460. The van der Waals surface area contributed by atoms with E-state index in [1.807, 2.05) is 0 Å². The molecule has 0 amide bonds. The summed E-state index contributed by atoms with van der Waals surface area (Å²) in [6.07, 6.45) is -0.851. The van der Waals surface area contributed by atoms with Crippen LogP contribution in [0.2, 0.25) is 0 Å². The first kappa shape index (κ1) is 10.9. The number of carbonyl (C=O) groups excluding carboxylic acids is 1. The number of ether oxygens (including phenoxy) is 3. The van der Waals surface area contributed by atoms with Gasteiger partial charge in [-0.3, -0.25) is 0 Å². The number of epoxide rings is 1. The molecule has 1 heterocycles. The molecule has 1 fully saturated rings. The Morgan fingerprint density at radius 3 is 2.79 bits per heavy atom. The molecular formula is C8H12O6. The van der Waals surface area contributed by atoms with Crippen molar-refractivity contribution in [3.8, 4) is 0 Å². The maximum Gasteiger partial charge on any atom is 0.335 e. The molecule has 0 bridgehead atoms. The Bertz CT molecular complexity index is 222. The molecule has 14 heavy (non-hydrogen) atoms. The molecule has 1 aliphatic rings. The molecule has 0 saturated carbocycles. The summed E-state index contributed by atoms with van der Waals surface area (Å²) in [6.45, 7) is 1.76. The van der Waals surface area contributed by atoms with Gasteiger partial charge >= 0.3 is 11.9 Å². The second-order valence-corrected chi connectivity index (χ2v) is 2.93. The summed E-state index contributed by atoms with van der Waals surface area (Å²) >= 11 is 0. The lowest BCUT2D eigenvalue weighted by Gasteiger charge is -2.10. The van der Waals surface area contributed by atoms with Crippen LogP contribution in [0.3, 0.4) is 0 Å². The minimum absolute atomic E-state index is 0.00521. The van der Waals surface area contributed by atoms with Gasteiger partial charge in [-0.2, -0.15) is 0 Å². The van der Waals surface area contributed by atoms with Crippen LogP contribution < -0.4 is 0 Å². The van der Waals surface area contributed by atoms with Crippen LogP contribution in [0.25, 0.3) is 0 Å². The largest absolute Gasteiger partial charge is 0.480 e. The van der Waals surface area contributed by atoms with E-state index in [1.165, 1.54) is 6.92 Å². The highest BCUT2D eigenvalue weighted by atomic mass is 16.6. The fourth-order valence-electron chi connectivity index (χ4n) is 0.721. The minimum Gasteiger partial charge on any atom is -0.480 e. The van der Waals surface area contributed by atoms with Gasteiger partial charge in [-0.15, -0.1) is 0 Å². The van der Waals surface area contributed by atoms with Crippen molar-refractivity contribution in [2.75, 3.05) is 19.8 Å². The van der Waals surface area contributed by atoms with E-state index in [4.69, 9.17) is 19.3 Å². The lowest BCUT2D eigenvalue weighted by Crippen LogP contribution is -2.27. The Morgan fingerprint density at radius 2 is 2.29 bits per heavy atom. The van der Waals surface area contributed by atoms with E-state index in [-0.39, 0.29) is 12.7 Å². The van der Waals surface area contributed by atoms with Crippen LogP contribution in [0.4, 0.5) is 0 Å². The third kappa shape index (κ3) is 4.20. The zero-order valence-electron chi connectivity index (χ0n) is 7.76. The summed E-state index contributed by atoms with van der Waals surface area (Å²) in [4.78, 5) is 21.2. The van der Waals surface area contributed by atoms with Crippen LogP contribution in [0.5, 0.6) is 0 Å². The average molecular weight is 204 g/mol. The van der Waals surface area contributed by atoms with Gasteiger partial charge in [0.25, 0.3) is 0 Å². The molecule has 1 aliphatic heterocycles. The number of carbonyl (C=O) groups is 2. The molecular weight excluding hydrogens is 192 g/mol. The topological polar surface area (TPSA) is 85.4 Å². The van der Waals surface area contributed by atoms with Gasteiger partial charge in [0, 0.05) is 0 Å². The van der Waals surface area contributed by atoms with Crippen LogP contribution in [0, 0.1) is 0 Å². The normalized spacial score (nSPS) is 21.4. The molecule has 0 radical (unpaired) electrons. The van der Waals surface area contributed by atoms with E-state index in [9.17, 15) is 9.59 Å². The highest BCUT2D eigenvalue weighted by molar-refractivity contribution is 5.75. The van der Waals surface area contributed by atoms with E-state index < -0.39 is 24.6 Å².